The van der Waals surface area contributed by atoms with Crippen LogP contribution in [0.5, 0.6) is 0 Å². The molecule has 0 amide bonds. The second kappa shape index (κ2) is 11.0. The van der Waals surface area contributed by atoms with Crippen LogP contribution in [0.25, 0.3) is 0 Å². The van der Waals surface area contributed by atoms with Gasteiger partial charge in [0.15, 0.2) is 11.8 Å². The van der Waals surface area contributed by atoms with E-state index in [1.54, 1.807) is 25.2 Å². The lowest BCUT2D eigenvalue weighted by atomic mass is 10.2. The van der Waals surface area contributed by atoms with Gasteiger partial charge in [-0.3, -0.25) is 4.99 Å². The second-order valence-electron chi connectivity index (χ2n) is 5.01. The monoisotopic (exact) mass is 463 g/mol. The highest BCUT2D eigenvalue weighted by molar-refractivity contribution is 14.0. The summed E-state index contributed by atoms with van der Waals surface area (Å²) >= 11 is 0. The molecule has 2 N–H and O–H groups in total. The summed E-state index contributed by atoms with van der Waals surface area (Å²) in [6.07, 6.45) is -0.217. The summed E-state index contributed by atoms with van der Waals surface area (Å²) in [5, 5.41) is 9.95. The predicted molar refractivity (Wildman–Crippen MR) is 103 cm³/mol. The van der Waals surface area contributed by atoms with Crippen molar-refractivity contribution in [1.29, 1.82) is 0 Å². The fourth-order valence-corrected chi connectivity index (χ4v) is 2.03. The van der Waals surface area contributed by atoms with Gasteiger partial charge >= 0.3 is 0 Å². The standard InChI is InChI=1S/C16H22FN5O2.HI/c1-4-23-11(2)15-21-14(24-22-15)10-20-16(18-3)19-9-12-7-5-6-8-13(12)17;/h5-8,11H,4,9-10H2,1-3H3,(H2,18,19,20);1H. The van der Waals surface area contributed by atoms with Crippen LogP contribution in [-0.4, -0.2) is 29.8 Å². The van der Waals surface area contributed by atoms with Gasteiger partial charge in [0, 0.05) is 25.8 Å². The molecule has 1 aromatic carbocycles. The molecule has 138 valence electrons. The van der Waals surface area contributed by atoms with Gasteiger partial charge in [-0.1, -0.05) is 23.4 Å². The van der Waals surface area contributed by atoms with Gasteiger partial charge in [-0.15, -0.1) is 24.0 Å². The third-order valence-electron chi connectivity index (χ3n) is 3.30. The number of rotatable bonds is 7. The second-order valence-corrected chi connectivity index (χ2v) is 5.01. The summed E-state index contributed by atoms with van der Waals surface area (Å²) in [4.78, 5) is 8.34. The fourth-order valence-electron chi connectivity index (χ4n) is 2.03. The first-order chi connectivity index (χ1) is 11.6. The largest absolute Gasteiger partial charge is 0.371 e. The van der Waals surface area contributed by atoms with Crippen molar-refractivity contribution < 1.29 is 13.7 Å². The van der Waals surface area contributed by atoms with E-state index in [4.69, 9.17) is 9.26 Å². The van der Waals surface area contributed by atoms with Gasteiger partial charge < -0.3 is 19.9 Å². The van der Waals surface area contributed by atoms with E-state index in [-0.39, 0.29) is 35.9 Å². The highest BCUT2D eigenvalue weighted by Gasteiger charge is 2.13. The van der Waals surface area contributed by atoms with Gasteiger partial charge in [0.2, 0.25) is 5.89 Å². The van der Waals surface area contributed by atoms with Crippen molar-refractivity contribution in [2.45, 2.75) is 33.0 Å². The number of ether oxygens (including phenoxy) is 1. The number of benzene rings is 1. The Kier molecular flexibility index (Phi) is 9.35. The number of nitrogens with zero attached hydrogens (tertiary/aromatic N) is 3. The number of aromatic nitrogens is 2. The van der Waals surface area contributed by atoms with E-state index in [0.717, 1.165) is 0 Å². The molecule has 9 heteroatoms. The molecule has 0 spiro atoms. The van der Waals surface area contributed by atoms with Gasteiger partial charge in [-0.05, 0) is 19.9 Å². The summed E-state index contributed by atoms with van der Waals surface area (Å²) in [5.41, 5.74) is 0.561. The summed E-state index contributed by atoms with van der Waals surface area (Å²) in [7, 11) is 1.63. The molecule has 1 heterocycles. The maximum Gasteiger partial charge on any atom is 0.246 e. The first-order valence-corrected chi connectivity index (χ1v) is 7.76. The van der Waals surface area contributed by atoms with Gasteiger partial charge in [0.1, 0.15) is 11.9 Å². The molecule has 1 atom stereocenters. The molecule has 0 aliphatic rings. The minimum Gasteiger partial charge on any atom is -0.371 e. The molecule has 1 unspecified atom stereocenters. The molecule has 1 aromatic heterocycles. The maximum absolute atomic E-state index is 13.6. The average Bonchev–Trinajstić information content (AvgIpc) is 3.06. The van der Waals surface area contributed by atoms with E-state index in [0.29, 0.717) is 42.9 Å². The molecule has 25 heavy (non-hydrogen) atoms. The first-order valence-electron chi connectivity index (χ1n) is 7.76. The smallest absolute Gasteiger partial charge is 0.246 e. The van der Waals surface area contributed by atoms with Crippen molar-refractivity contribution in [2.75, 3.05) is 13.7 Å². The van der Waals surface area contributed by atoms with Crippen molar-refractivity contribution in [3.63, 3.8) is 0 Å². The van der Waals surface area contributed by atoms with Crippen LogP contribution < -0.4 is 10.6 Å². The first kappa shape index (κ1) is 21.3. The number of hydrogen-bond acceptors (Lipinski definition) is 5. The Balaban J connectivity index is 0.00000312. The van der Waals surface area contributed by atoms with E-state index in [2.05, 4.69) is 25.8 Å². The predicted octanol–water partition coefficient (Wildman–Crippen LogP) is 2.79. The zero-order valence-electron chi connectivity index (χ0n) is 14.5. The molecular weight excluding hydrogens is 440 g/mol. The highest BCUT2D eigenvalue weighted by Crippen LogP contribution is 2.12. The normalized spacial score (nSPS) is 12.4. The third-order valence-corrected chi connectivity index (χ3v) is 3.30. The van der Waals surface area contributed by atoms with Gasteiger partial charge in [-0.25, -0.2) is 4.39 Å². The Hall–Kier alpha value is -1.75. The number of aliphatic imine (C=N–C) groups is 1. The number of halogens is 2. The molecule has 2 rings (SSSR count). The molecule has 2 aromatic rings. The number of nitrogens with one attached hydrogen (secondary N) is 2. The van der Waals surface area contributed by atoms with E-state index in [1.165, 1.54) is 6.07 Å². The minimum absolute atomic E-state index is 0. The summed E-state index contributed by atoms with van der Waals surface area (Å²) in [6.45, 7) is 4.98. The molecular formula is C16H23FIN5O2. The van der Waals surface area contributed by atoms with Gasteiger partial charge in [0.25, 0.3) is 0 Å². The molecule has 7 nitrogen and oxygen atoms in total. The lowest BCUT2D eigenvalue weighted by Gasteiger charge is -2.10. The van der Waals surface area contributed by atoms with E-state index in [9.17, 15) is 4.39 Å². The lowest BCUT2D eigenvalue weighted by Crippen LogP contribution is -2.36. The number of hydrogen-bond donors (Lipinski definition) is 2. The van der Waals surface area contributed by atoms with Crippen LogP contribution in [0.3, 0.4) is 0 Å². The molecule has 0 saturated carbocycles. The lowest BCUT2D eigenvalue weighted by molar-refractivity contribution is 0.0683. The van der Waals surface area contributed by atoms with Crippen LogP contribution in [0, 0.1) is 5.82 Å². The number of guanidine groups is 1. The summed E-state index contributed by atoms with van der Waals surface area (Å²) in [5.74, 6) is 1.18. The van der Waals surface area contributed by atoms with E-state index < -0.39 is 0 Å². The van der Waals surface area contributed by atoms with Crippen LogP contribution in [-0.2, 0) is 17.8 Å². The van der Waals surface area contributed by atoms with Crippen molar-refractivity contribution >= 4 is 29.9 Å². The third kappa shape index (κ3) is 6.58. The van der Waals surface area contributed by atoms with Crippen molar-refractivity contribution in [2.24, 2.45) is 4.99 Å². The van der Waals surface area contributed by atoms with E-state index >= 15 is 0 Å². The molecule has 0 radical (unpaired) electrons. The Morgan fingerprint density at radius 1 is 1.32 bits per heavy atom. The zero-order valence-corrected chi connectivity index (χ0v) is 16.8. The Bertz CT molecular complexity index is 680. The minimum atomic E-state index is -0.257. The van der Waals surface area contributed by atoms with Crippen LogP contribution in [0.1, 0.15) is 37.2 Å². The van der Waals surface area contributed by atoms with Gasteiger partial charge in [-0.2, -0.15) is 4.98 Å². The van der Waals surface area contributed by atoms with Crippen LogP contribution in [0.4, 0.5) is 4.39 Å². The van der Waals surface area contributed by atoms with Crippen molar-refractivity contribution in [1.82, 2.24) is 20.8 Å². The SMILES string of the molecule is CCOC(C)c1noc(CNC(=NC)NCc2ccccc2F)n1.I. The fraction of sp³-hybridized carbons (Fsp3) is 0.438. The molecule has 0 saturated heterocycles. The maximum atomic E-state index is 13.6. The van der Waals surface area contributed by atoms with Crippen molar-refractivity contribution in [3.8, 4) is 0 Å². The van der Waals surface area contributed by atoms with Crippen LogP contribution in [0.2, 0.25) is 0 Å². The molecule has 0 bridgehead atoms. The average molecular weight is 463 g/mol. The van der Waals surface area contributed by atoms with Crippen LogP contribution in [0.15, 0.2) is 33.8 Å². The van der Waals surface area contributed by atoms with E-state index in [1.807, 2.05) is 13.8 Å². The quantitative estimate of drug-likeness (QED) is 0.373. The summed E-state index contributed by atoms with van der Waals surface area (Å²) < 4.78 is 24.2. The topological polar surface area (TPSA) is 84.6 Å². The molecule has 0 aliphatic heterocycles. The Morgan fingerprint density at radius 3 is 2.72 bits per heavy atom. The summed E-state index contributed by atoms with van der Waals surface area (Å²) in [6, 6.07) is 6.58. The Morgan fingerprint density at radius 2 is 2.04 bits per heavy atom. The Labute approximate surface area is 163 Å². The van der Waals surface area contributed by atoms with Crippen LogP contribution >= 0.6 is 24.0 Å². The van der Waals surface area contributed by atoms with Gasteiger partial charge in [0.05, 0.1) is 6.54 Å². The van der Waals surface area contributed by atoms with Crippen molar-refractivity contribution in [3.05, 3.63) is 47.4 Å². The zero-order chi connectivity index (χ0) is 17.4. The molecule has 0 fully saturated rings. The highest BCUT2D eigenvalue weighted by atomic mass is 127. The molecule has 0 aliphatic carbocycles.